The highest BCUT2D eigenvalue weighted by Gasteiger charge is 2.07. The van der Waals surface area contributed by atoms with Gasteiger partial charge in [0.25, 0.3) is 5.91 Å². The van der Waals surface area contributed by atoms with Crippen LogP contribution in [0, 0.1) is 0 Å². The fourth-order valence-electron chi connectivity index (χ4n) is 1.52. The van der Waals surface area contributed by atoms with Crippen molar-refractivity contribution in [1.82, 2.24) is 10.6 Å². The number of nitrogens with one attached hydrogen (secondary N) is 2. The molecule has 1 aromatic rings. The Morgan fingerprint density at radius 3 is 2.50 bits per heavy atom. The van der Waals surface area contributed by atoms with Crippen LogP contribution >= 0.6 is 12.2 Å². The number of thiocarbonyl (C=S) groups is 1. The summed E-state index contributed by atoms with van der Waals surface area (Å²) in [6.07, 6.45) is 3.07. The average molecular weight is 294 g/mol. The summed E-state index contributed by atoms with van der Waals surface area (Å²) in [5, 5.41) is 6.03. The molecule has 4 nitrogen and oxygen atoms in total. The van der Waals surface area contributed by atoms with E-state index in [0.717, 1.165) is 31.6 Å². The molecule has 5 heteroatoms. The van der Waals surface area contributed by atoms with Crippen LogP contribution in [0.25, 0.3) is 0 Å². The smallest absolute Gasteiger partial charge is 0.257 e. The lowest BCUT2D eigenvalue weighted by Crippen LogP contribution is -2.39. The van der Waals surface area contributed by atoms with Gasteiger partial charge in [-0.3, -0.25) is 10.1 Å². The molecule has 0 aromatic heterocycles. The molecule has 0 saturated carbocycles. The van der Waals surface area contributed by atoms with Crippen molar-refractivity contribution < 1.29 is 9.53 Å². The summed E-state index contributed by atoms with van der Waals surface area (Å²) in [4.78, 5) is 11.9. The standard InChI is InChI=1S/C15H22N2O2S/c1-3-5-10-16-15(20)17-14(18)12-6-8-13(9-7-12)19-11-4-2/h6-9H,3-5,10-11H2,1-2H3,(H2,16,17,18,20). The highest BCUT2D eigenvalue weighted by Crippen LogP contribution is 2.12. The van der Waals surface area contributed by atoms with E-state index in [1.54, 1.807) is 24.3 Å². The summed E-state index contributed by atoms with van der Waals surface area (Å²) in [6, 6.07) is 7.04. The fraction of sp³-hybridized carbons (Fsp3) is 0.467. The first-order valence-corrected chi connectivity index (χ1v) is 7.40. The third-order valence-corrected chi connectivity index (χ3v) is 2.88. The second kappa shape index (κ2) is 9.31. The van der Waals surface area contributed by atoms with Gasteiger partial charge in [0, 0.05) is 12.1 Å². The first-order chi connectivity index (χ1) is 9.67. The number of hydrogen-bond donors (Lipinski definition) is 2. The molecule has 0 unspecified atom stereocenters. The molecule has 0 spiro atoms. The zero-order valence-electron chi connectivity index (χ0n) is 12.1. The van der Waals surface area contributed by atoms with Crippen molar-refractivity contribution in [3.63, 3.8) is 0 Å². The molecule has 0 aliphatic heterocycles. The number of amides is 1. The molecule has 110 valence electrons. The predicted octanol–water partition coefficient (Wildman–Crippen LogP) is 2.88. The van der Waals surface area contributed by atoms with Crippen LogP contribution in [-0.2, 0) is 0 Å². The molecule has 1 rings (SSSR count). The van der Waals surface area contributed by atoms with Crippen LogP contribution in [0.15, 0.2) is 24.3 Å². The van der Waals surface area contributed by atoms with Gasteiger partial charge in [0.2, 0.25) is 0 Å². The van der Waals surface area contributed by atoms with E-state index in [9.17, 15) is 4.79 Å². The molecule has 0 saturated heterocycles. The Balaban J connectivity index is 2.44. The normalized spacial score (nSPS) is 9.90. The molecular weight excluding hydrogens is 272 g/mol. The van der Waals surface area contributed by atoms with E-state index in [1.165, 1.54) is 0 Å². The first kappa shape index (κ1) is 16.4. The Morgan fingerprint density at radius 1 is 1.20 bits per heavy atom. The van der Waals surface area contributed by atoms with Crippen LogP contribution in [0.1, 0.15) is 43.5 Å². The van der Waals surface area contributed by atoms with Crippen LogP contribution in [0.4, 0.5) is 0 Å². The van der Waals surface area contributed by atoms with Gasteiger partial charge in [-0.05, 0) is 49.3 Å². The van der Waals surface area contributed by atoms with E-state index >= 15 is 0 Å². The number of ether oxygens (including phenoxy) is 1. The molecule has 0 heterocycles. The van der Waals surface area contributed by atoms with Gasteiger partial charge in [0.05, 0.1) is 6.61 Å². The molecule has 0 aliphatic carbocycles. The quantitative estimate of drug-likeness (QED) is 0.600. The Morgan fingerprint density at radius 2 is 1.90 bits per heavy atom. The van der Waals surface area contributed by atoms with Gasteiger partial charge in [-0.25, -0.2) is 0 Å². The average Bonchev–Trinajstić information content (AvgIpc) is 2.46. The van der Waals surface area contributed by atoms with Gasteiger partial charge >= 0.3 is 0 Å². The van der Waals surface area contributed by atoms with Crippen molar-refractivity contribution in [2.75, 3.05) is 13.2 Å². The maximum Gasteiger partial charge on any atom is 0.257 e. The largest absolute Gasteiger partial charge is 0.494 e. The van der Waals surface area contributed by atoms with Gasteiger partial charge < -0.3 is 10.1 Å². The van der Waals surface area contributed by atoms with E-state index in [0.29, 0.717) is 17.3 Å². The molecule has 1 aromatic carbocycles. The van der Waals surface area contributed by atoms with Crippen molar-refractivity contribution in [3.05, 3.63) is 29.8 Å². The highest BCUT2D eigenvalue weighted by atomic mass is 32.1. The second-order valence-electron chi connectivity index (χ2n) is 4.44. The Labute approximate surface area is 125 Å². The summed E-state index contributed by atoms with van der Waals surface area (Å²) in [6.45, 7) is 5.61. The van der Waals surface area contributed by atoms with Crippen LogP contribution in [-0.4, -0.2) is 24.2 Å². The number of benzene rings is 1. The van der Waals surface area contributed by atoms with Gasteiger partial charge in [0.1, 0.15) is 5.75 Å². The number of unbranched alkanes of at least 4 members (excludes halogenated alkanes) is 1. The lowest BCUT2D eigenvalue weighted by Gasteiger charge is -2.09. The van der Waals surface area contributed by atoms with Crippen molar-refractivity contribution in [2.24, 2.45) is 0 Å². The minimum absolute atomic E-state index is 0.207. The molecule has 0 radical (unpaired) electrons. The summed E-state index contributed by atoms with van der Waals surface area (Å²) in [5.74, 6) is 0.563. The topological polar surface area (TPSA) is 50.4 Å². The highest BCUT2D eigenvalue weighted by molar-refractivity contribution is 7.80. The van der Waals surface area contributed by atoms with E-state index in [2.05, 4.69) is 17.6 Å². The zero-order chi connectivity index (χ0) is 14.8. The monoisotopic (exact) mass is 294 g/mol. The minimum atomic E-state index is -0.207. The van der Waals surface area contributed by atoms with E-state index in [-0.39, 0.29) is 5.91 Å². The second-order valence-corrected chi connectivity index (χ2v) is 4.84. The van der Waals surface area contributed by atoms with Gasteiger partial charge in [-0.2, -0.15) is 0 Å². The molecule has 0 bridgehead atoms. The maximum absolute atomic E-state index is 11.9. The summed E-state index contributed by atoms with van der Waals surface area (Å²) < 4.78 is 5.47. The zero-order valence-corrected chi connectivity index (χ0v) is 12.9. The third-order valence-electron chi connectivity index (χ3n) is 2.63. The van der Waals surface area contributed by atoms with Crippen LogP contribution in [0.2, 0.25) is 0 Å². The lowest BCUT2D eigenvalue weighted by atomic mass is 10.2. The molecular formula is C15H22N2O2S. The van der Waals surface area contributed by atoms with Gasteiger partial charge in [0.15, 0.2) is 5.11 Å². The molecule has 1 amide bonds. The number of carbonyl (C=O) groups is 1. The van der Waals surface area contributed by atoms with Crippen molar-refractivity contribution >= 4 is 23.2 Å². The third kappa shape index (κ3) is 6.02. The van der Waals surface area contributed by atoms with Crippen LogP contribution < -0.4 is 15.4 Å². The minimum Gasteiger partial charge on any atom is -0.494 e. The number of carbonyl (C=O) groups excluding carboxylic acids is 1. The van der Waals surface area contributed by atoms with Gasteiger partial charge in [-0.15, -0.1) is 0 Å². The maximum atomic E-state index is 11.9. The fourth-order valence-corrected chi connectivity index (χ4v) is 1.72. The lowest BCUT2D eigenvalue weighted by molar-refractivity contribution is 0.0976. The van der Waals surface area contributed by atoms with Crippen LogP contribution in [0.5, 0.6) is 5.75 Å². The Hall–Kier alpha value is -1.62. The summed E-state index contributed by atoms with van der Waals surface area (Å²) >= 11 is 5.06. The van der Waals surface area contributed by atoms with Crippen LogP contribution in [0.3, 0.4) is 0 Å². The van der Waals surface area contributed by atoms with E-state index in [4.69, 9.17) is 17.0 Å². The Kier molecular flexibility index (Phi) is 7.65. The number of rotatable bonds is 7. The SMILES string of the molecule is CCCCNC(=S)NC(=O)c1ccc(OCCC)cc1. The summed E-state index contributed by atoms with van der Waals surface area (Å²) in [5.41, 5.74) is 0.563. The molecule has 0 aliphatic rings. The Bertz CT molecular complexity index is 432. The van der Waals surface area contributed by atoms with E-state index in [1.807, 2.05) is 6.92 Å². The molecule has 0 fully saturated rings. The van der Waals surface area contributed by atoms with E-state index < -0.39 is 0 Å². The molecule has 2 N–H and O–H groups in total. The van der Waals surface area contributed by atoms with Crippen molar-refractivity contribution in [3.8, 4) is 5.75 Å². The summed E-state index contributed by atoms with van der Waals surface area (Å²) in [7, 11) is 0. The molecule has 0 atom stereocenters. The first-order valence-electron chi connectivity index (χ1n) is 6.99. The number of hydrogen-bond acceptors (Lipinski definition) is 3. The van der Waals surface area contributed by atoms with Gasteiger partial charge in [-0.1, -0.05) is 20.3 Å². The predicted molar refractivity (Wildman–Crippen MR) is 85.2 cm³/mol. The van der Waals surface area contributed by atoms with Crippen molar-refractivity contribution in [2.45, 2.75) is 33.1 Å². The van der Waals surface area contributed by atoms with Crippen molar-refractivity contribution in [1.29, 1.82) is 0 Å². The molecule has 20 heavy (non-hydrogen) atoms.